The third kappa shape index (κ3) is 5.61. The van der Waals surface area contributed by atoms with Crippen LogP contribution in [0.2, 0.25) is 0 Å². The van der Waals surface area contributed by atoms with Crippen molar-refractivity contribution in [3.05, 3.63) is 0 Å². The maximum Gasteiger partial charge on any atom is 0.223 e. The molecule has 1 atom stereocenters. The first-order chi connectivity index (χ1) is 9.21. The number of amides is 1. The van der Waals surface area contributed by atoms with Gasteiger partial charge in [0.05, 0.1) is 12.6 Å². The molecule has 0 aliphatic carbocycles. The molecule has 1 N–H and O–H groups in total. The van der Waals surface area contributed by atoms with E-state index in [1.807, 2.05) is 0 Å². The molecule has 4 nitrogen and oxygen atoms in total. The van der Waals surface area contributed by atoms with Crippen molar-refractivity contribution in [3.63, 3.8) is 0 Å². The molecule has 0 aromatic heterocycles. The molecule has 1 unspecified atom stereocenters. The summed E-state index contributed by atoms with van der Waals surface area (Å²) in [5, 5.41) is 11.8. The molecule has 1 aliphatic heterocycles. The summed E-state index contributed by atoms with van der Waals surface area (Å²) in [4.78, 5) is 14.3. The Morgan fingerprint density at radius 2 is 2.11 bits per heavy atom. The monoisotopic (exact) mass is 265 g/mol. The first-order valence-electron chi connectivity index (χ1n) is 7.60. The summed E-state index contributed by atoms with van der Waals surface area (Å²) in [6.45, 7) is 6.61. The van der Waals surface area contributed by atoms with Gasteiger partial charge in [0.25, 0.3) is 0 Å². The normalized spacial score (nSPS) is 18.8. The number of rotatable bonds is 7. The standard InChI is InChI=1S/C15H27N3O/c1-3-5-6-13(4-2)15(19)17-14-7-10-18(11-8-14)12-9-16/h13-14H,3-8,10-12H2,1-2H3,(H,17,19). The molecule has 4 heteroatoms. The molecule has 1 heterocycles. The van der Waals surface area contributed by atoms with E-state index in [0.717, 1.165) is 51.6 Å². The fraction of sp³-hybridized carbons (Fsp3) is 0.867. The van der Waals surface area contributed by atoms with E-state index < -0.39 is 0 Å². The number of carbonyl (C=O) groups excluding carboxylic acids is 1. The van der Waals surface area contributed by atoms with Crippen molar-refractivity contribution in [3.8, 4) is 6.07 Å². The largest absolute Gasteiger partial charge is 0.353 e. The number of hydrogen-bond donors (Lipinski definition) is 1. The zero-order valence-electron chi connectivity index (χ0n) is 12.3. The van der Waals surface area contributed by atoms with Gasteiger partial charge in [-0.05, 0) is 25.7 Å². The Bertz CT molecular complexity index is 303. The second-order valence-electron chi connectivity index (χ2n) is 5.46. The van der Waals surface area contributed by atoms with E-state index in [1.165, 1.54) is 0 Å². The topological polar surface area (TPSA) is 56.1 Å². The van der Waals surface area contributed by atoms with Crippen LogP contribution in [0.4, 0.5) is 0 Å². The van der Waals surface area contributed by atoms with E-state index in [1.54, 1.807) is 0 Å². The van der Waals surface area contributed by atoms with Crippen molar-refractivity contribution < 1.29 is 4.79 Å². The maximum atomic E-state index is 12.2. The molecule has 0 saturated carbocycles. The Morgan fingerprint density at radius 3 is 2.63 bits per heavy atom. The van der Waals surface area contributed by atoms with Crippen molar-refractivity contribution in [2.24, 2.45) is 5.92 Å². The van der Waals surface area contributed by atoms with E-state index in [2.05, 4.69) is 30.1 Å². The average Bonchev–Trinajstić information content (AvgIpc) is 2.42. The SMILES string of the molecule is CCCCC(CC)C(=O)NC1CCN(CC#N)CC1. The van der Waals surface area contributed by atoms with Crippen LogP contribution in [0.1, 0.15) is 52.4 Å². The van der Waals surface area contributed by atoms with Crippen LogP contribution in [0.5, 0.6) is 0 Å². The quantitative estimate of drug-likeness (QED) is 0.719. The van der Waals surface area contributed by atoms with Gasteiger partial charge in [0.15, 0.2) is 0 Å². The fourth-order valence-corrected chi connectivity index (χ4v) is 2.63. The summed E-state index contributed by atoms with van der Waals surface area (Å²) in [6.07, 6.45) is 6.16. The highest BCUT2D eigenvalue weighted by molar-refractivity contribution is 5.78. The average molecular weight is 265 g/mol. The second-order valence-corrected chi connectivity index (χ2v) is 5.46. The Morgan fingerprint density at radius 1 is 1.42 bits per heavy atom. The van der Waals surface area contributed by atoms with Crippen LogP contribution in [-0.4, -0.2) is 36.5 Å². The molecule has 0 aromatic rings. The summed E-state index contributed by atoms with van der Waals surface area (Å²) >= 11 is 0. The number of nitriles is 1. The predicted molar refractivity (Wildman–Crippen MR) is 76.5 cm³/mol. The van der Waals surface area contributed by atoms with E-state index in [4.69, 9.17) is 5.26 Å². The lowest BCUT2D eigenvalue weighted by Gasteiger charge is -2.31. The number of nitrogens with zero attached hydrogens (tertiary/aromatic N) is 2. The van der Waals surface area contributed by atoms with Crippen LogP contribution in [0.15, 0.2) is 0 Å². The summed E-state index contributed by atoms with van der Waals surface area (Å²) in [5.74, 6) is 0.409. The molecule has 1 saturated heterocycles. The first-order valence-corrected chi connectivity index (χ1v) is 7.60. The van der Waals surface area contributed by atoms with E-state index in [9.17, 15) is 4.79 Å². The Balaban J connectivity index is 2.31. The minimum Gasteiger partial charge on any atom is -0.353 e. The van der Waals surface area contributed by atoms with E-state index >= 15 is 0 Å². The number of nitrogens with one attached hydrogen (secondary N) is 1. The van der Waals surface area contributed by atoms with Gasteiger partial charge in [-0.2, -0.15) is 5.26 Å². The highest BCUT2D eigenvalue weighted by Crippen LogP contribution is 2.15. The maximum absolute atomic E-state index is 12.2. The molecule has 1 aliphatic rings. The van der Waals surface area contributed by atoms with Gasteiger partial charge in [-0.25, -0.2) is 0 Å². The molecule has 0 spiro atoms. The minimum atomic E-state index is 0.178. The van der Waals surface area contributed by atoms with Crippen LogP contribution < -0.4 is 5.32 Å². The molecular formula is C15H27N3O. The lowest BCUT2D eigenvalue weighted by atomic mass is 9.97. The number of unbranched alkanes of at least 4 members (excludes halogenated alkanes) is 1. The lowest BCUT2D eigenvalue weighted by Crippen LogP contribution is -2.46. The number of piperidine rings is 1. The zero-order valence-corrected chi connectivity index (χ0v) is 12.3. The molecule has 19 heavy (non-hydrogen) atoms. The Hall–Kier alpha value is -1.08. The lowest BCUT2D eigenvalue weighted by molar-refractivity contribution is -0.126. The molecule has 0 bridgehead atoms. The van der Waals surface area contributed by atoms with Crippen LogP contribution in [-0.2, 0) is 4.79 Å². The summed E-state index contributed by atoms with van der Waals surface area (Å²) in [7, 11) is 0. The molecule has 1 rings (SSSR count). The Labute approximate surface area is 117 Å². The van der Waals surface area contributed by atoms with Crippen molar-refractivity contribution in [2.45, 2.75) is 58.4 Å². The van der Waals surface area contributed by atoms with Gasteiger partial charge < -0.3 is 5.32 Å². The van der Waals surface area contributed by atoms with Crippen molar-refractivity contribution in [1.29, 1.82) is 5.26 Å². The number of likely N-dealkylation sites (tertiary alicyclic amines) is 1. The van der Waals surface area contributed by atoms with Gasteiger partial charge in [0, 0.05) is 25.0 Å². The van der Waals surface area contributed by atoms with E-state index in [0.29, 0.717) is 12.6 Å². The van der Waals surface area contributed by atoms with Gasteiger partial charge in [-0.3, -0.25) is 9.69 Å². The predicted octanol–water partition coefficient (Wildman–Crippen LogP) is 2.31. The van der Waals surface area contributed by atoms with Gasteiger partial charge in [0.2, 0.25) is 5.91 Å². The molecule has 1 fully saturated rings. The van der Waals surface area contributed by atoms with Gasteiger partial charge >= 0.3 is 0 Å². The van der Waals surface area contributed by atoms with Crippen LogP contribution in [0, 0.1) is 17.2 Å². The third-order valence-electron chi connectivity index (χ3n) is 4.00. The van der Waals surface area contributed by atoms with Gasteiger partial charge in [0.1, 0.15) is 0 Å². The number of hydrogen-bond acceptors (Lipinski definition) is 3. The fourth-order valence-electron chi connectivity index (χ4n) is 2.63. The zero-order chi connectivity index (χ0) is 14.1. The summed E-state index contributed by atoms with van der Waals surface area (Å²) in [5.41, 5.74) is 0. The molecular weight excluding hydrogens is 238 g/mol. The molecule has 0 aromatic carbocycles. The first kappa shape index (κ1) is 16.0. The summed E-state index contributed by atoms with van der Waals surface area (Å²) < 4.78 is 0. The highest BCUT2D eigenvalue weighted by atomic mass is 16.1. The highest BCUT2D eigenvalue weighted by Gasteiger charge is 2.23. The second kappa shape index (κ2) is 8.92. The van der Waals surface area contributed by atoms with Crippen molar-refractivity contribution in [1.82, 2.24) is 10.2 Å². The molecule has 1 amide bonds. The van der Waals surface area contributed by atoms with Crippen molar-refractivity contribution in [2.75, 3.05) is 19.6 Å². The smallest absolute Gasteiger partial charge is 0.223 e. The van der Waals surface area contributed by atoms with Crippen LogP contribution in [0.3, 0.4) is 0 Å². The van der Waals surface area contributed by atoms with Gasteiger partial charge in [-0.15, -0.1) is 0 Å². The Kier molecular flexibility index (Phi) is 7.50. The van der Waals surface area contributed by atoms with Gasteiger partial charge in [-0.1, -0.05) is 26.7 Å². The summed E-state index contributed by atoms with van der Waals surface area (Å²) in [6, 6.07) is 2.49. The molecule has 0 radical (unpaired) electrons. The third-order valence-corrected chi connectivity index (χ3v) is 4.00. The van der Waals surface area contributed by atoms with Crippen LogP contribution in [0.25, 0.3) is 0 Å². The minimum absolute atomic E-state index is 0.178. The number of carbonyl (C=O) groups is 1. The van der Waals surface area contributed by atoms with Crippen molar-refractivity contribution >= 4 is 5.91 Å². The van der Waals surface area contributed by atoms with Crippen LogP contribution >= 0.6 is 0 Å². The van der Waals surface area contributed by atoms with E-state index in [-0.39, 0.29) is 11.8 Å². The molecule has 108 valence electrons.